The molecule has 1 unspecified atom stereocenters. The van der Waals surface area contributed by atoms with Gasteiger partial charge in [-0.15, -0.1) is 0 Å². The van der Waals surface area contributed by atoms with Gasteiger partial charge in [-0.05, 0) is 23.6 Å². The monoisotopic (exact) mass is 280 g/mol. The Bertz CT molecular complexity index is 604. The third-order valence-corrected chi connectivity index (χ3v) is 4.58. The second kappa shape index (κ2) is 5.53. The highest BCUT2D eigenvalue weighted by Crippen LogP contribution is 2.36. The number of hydrogen-bond donors (Lipinski definition) is 1. The van der Waals surface area contributed by atoms with Gasteiger partial charge in [0.2, 0.25) is 0 Å². The Morgan fingerprint density at radius 1 is 1.05 bits per heavy atom. The van der Waals surface area contributed by atoms with Gasteiger partial charge in [0.15, 0.2) is 0 Å². The number of nitrogens with zero attached hydrogens (tertiary/aromatic N) is 1. The van der Waals surface area contributed by atoms with Crippen molar-refractivity contribution >= 4 is 5.69 Å². The molecule has 0 aliphatic carbocycles. The van der Waals surface area contributed by atoms with Gasteiger partial charge in [0.1, 0.15) is 0 Å². The second-order valence-corrected chi connectivity index (χ2v) is 6.68. The van der Waals surface area contributed by atoms with Gasteiger partial charge in [-0.25, -0.2) is 0 Å². The highest BCUT2D eigenvalue weighted by atomic mass is 15.2. The molecular formula is C19H24N2. The Kier molecular flexibility index (Phi) is 3.73. The highest BCUT2D eigenvalue weighted by Gasteiger charge is 2.32. The van der Waals surface area contributed by atoms with E-state index < -0.39 is 0 Å². The van der Waals surface area contributed by atoms with Crippen LogP contribution in [0.1, 0.15) is 31.0 Å². The molecule has 2 aromatic carbocycles. The van der Waals surface area contributed by atoms with Gasteiger partial charge in [0.05, 0.1) is 0 Å². The zero-order chi connectivity index (χ0) is 14.9. The number of hydrogen-bond acceptors (Lipinski definition) is 2. The largest absolute Gasteiger partial charge is 0.370 e. The number of benzene rings is 2. The van der Waals surface area contributed by atoms with Crippen LogP contribution in [-0.4, -0.2) is 13.1 Å². The number of fused-ring (bicyclic) bond motifs is 1. The van der Waals surface area contributed by atoms with Crippen LogP contribution < -0.4 is 10.6 Å². The van der Waals surface area contributed by atoms with E-state index in [1.54, 1.807) is 0 Å². The fraction of sp³-hybridized carbons (Fsp3) is 0.368. The van der Waals surface area contributed by atoms with Crippen molar-refractivity contribution in [1.29, 1.82) is 0 Å². The third kappa shape index (κ3) is 2.81. The molecule has 2 N–H and O–H groups in total. The van der Waals surface area contributed by atoms with Crippen LogP contribution in [0.4, 0.5) is 5.69 Å². The molecule has 0 saturated carbocycles. The summed E-state index contributed by atoms with van der Waals surface area (Å²) in [6.07, 6.45) is 1.15. The molecule has 3 rings (SSSR count). The zero-order valence-electron chi connectivity index (χ0n) is 12.9. The Balaban J connectivity index is 1.78. The number of nitrogens with two attached hydrogens (primary N) is 1. The first kappa shape index (κ1) is 14.2. The van der Waals surface area contributed by atoms with Crippen LogP contribution in [0.2, 0.25) is 0 Å². The van der Waals surface area contributed by atoms with E-state index in [4.69, 9.17) is 5.73 Å². The molecule has 2 aromatic rings. The molecule has 0 amide bonds. The van der Waals surface area contributed by atoms with Crippen molar-refractivity contribution in [1.82, 2.24) is 0 Å². The van der Waals surface area contributed by atoms with Crippen LogP contribution in [0, 0.1) is 5.41 Å². The first-order valence-corrected chi connectivity index (χ1v) is 7.71. The average molecular weight is 280 g/mol. The lowest BCUT2D eigenvalue weighted by molar-refractivity contribution is 0.294. The van der Waals surface area contributed by atoms with E-state index in [0.29, 0.717) is 0 Å². The minimum atomic E-state index is 0.0266. The van der Waals surface area contributed by atoms with Crippen LogP contribution >= 0.6 is 0 Å². The van der Waals surface area contributed by atoms with Gasteiger partial charge in [0, 0.05) is 30.2 Å². The predicted molar refractivity (Wildman–Crippen MR) is 89.5 cm³/mol. The molecule has 2 heteroatoms. The van der Waals surface area contributed by atoms with E-state index in [9.17, 15) is 0 Å². The minimum Gasteiger partial charge on any atom is -0.370 e. The summed E-state index contributed by atoms with van der Waals surface area (Å²) in [5, 5.41) is 0. The topological polar surface area (TPSA) is 29.3 Å². The normalized spacial score (nSPS) is 15.9. The van der Waals surface area contributed by atoms with E-state index in [0.717, 1.165) is 19.5 Å². The van der Waals surface area contributed by atoms with Crippen LogP contribution in [0.25, 0.3) is 0 Å². The van der Waals surface area contributed by atoms with Gasteiger partial charge in [-0.1, -0.05) is 62.4 Å². The molecular weight excluding hydrogens is 256 g/mol. The lowest BCUT2D eigenvalue weighted by atomic mass is 9.80. The Morgan fingerprint density at radius 2 is 1.71 bits per heavy atom. The minimum absolute atomic E-state index is 0.0266. The molecule has 21 heavy (non-hydrogen) atoms. The molecule has 0 bridgehead atoms. The van der Waals surface area contributed by atoms with Crippen molar-refractivity contribution in [2.24, 2.45) is 11.1 Å². The molecule has 0 radical (unpaired) electrons. The van der Waals surface area contributed by atoms with E-state index in [2.05, 4.69) is 67.3 Å². The lowest BCUT2D eigenvalue weighted by Crippen LogP contribution is -2.40. The summed E-state index contributed by atoms with van der Waals surface area (Å²) in [5.41, 5.74) is 10.6. The van der Waals surface area contributed by atoms with Crippen molar-refractivity contribution in [2.75, 3.05) is 18.0 Å². The molecule has 0 spiro atoms. The molecule has 2 nitrogen and oxygen atoms in total. The smallest absolute Gasteiger partial charge is 0.0399 e. The standard InChI is InChI=1S/C19H24N2/c1-19(2,18(20)16-9-4-3-5-10-16)14-21-13-12-15-8-6-7-11-17(15)21/h3-11,18H,12-14,20H2,1-2H3. The lowest BCUT2D eigenvalue weighted by Gasteiger charge is -2.36. The second-order valence-electron chi connectivity index (χ2n) is 6.68. The Morgan fingerprint density at radius 3 is 2.48 bits per heavy atom. The average Bonchev–Trinajstić information content (AvgIpc) is 2.90. The number of para-hydroxylation sites is 1. The maximum Gasteiger partial charge on any atom is 0.0399 e. The summed E-state index contributed by atoms with van der Waals surface area (Å²) < 4.78 is 0. The van der Waals surface area contributed by atoms with Crippen LogP contribution in [0.5, 0.6) is 0 Å². The van der Waals surface area contributed by atoms with Gasteiger partial charge >= 0.3 is 0 Å². The van der Waals surface area contributed by atoms with Crippen molar-refractivity contribution < 1.29 is 0 Å². The molecule has 1 aliphatic rings. The predicted octanol–water partition coefficient (Wildman–Crippen LogP) is 3.78. The highest BCUT2D eigenvalue weighted by molar-refractivity contribution is 5.58. The molecule has 0 saturated heterocycles. The van der Waals surface area contributed by atoms with Crippen LogP contribution in [0.15, 0.2) is 54.6 Å². The Hall–Kier alpha value is -1.80. The molecule has 0 fully saturated rings. The van der Waals surface area contributed by atoms with E-state index in [-0.39, 0.29) is 11.5 Å². The fourth-order valence-corrected chi connectivity index (χ4v) is 3.27. The van der Waals surface area contributed by atoms with Crippen LogP contribution in [0.3, 0.4) is 0 Å². The quantitative estimate of drug-likeness (QED) is 0.923. The summed E-state index contributed by atoms with van der Waals surface area (Å²) >= 11 is 0. The summed E-state index contributed by atoms with van der Waals surface area (Å²) in [6.45, 7) is 6.63. The van der Waals surface area contributed by atoms with Crippen molar-refractivity contribution in [2.45, 2.75) is 26.3 Å². The maximum absolute atomic E-state index is 6.54. The van der Waals surface area contributed by atoms with Crippen LogP contribution in [-0.2, 0) is 6.42 Å². The van der Waals surface area contributed by atoms with Gasteiger partial charge in [0.25, 0.3) is 0 Å². The molecule has 0 aromatic heterocycles. The molecule has 110 valence electrons. The van der Waals surface area contributed by atoms with Gasteiger partial charge in [-0.2, -0.15) is 0 Å². The number of anilines is 1. The summed E-state index contributed by atoms with van der Waals surface area (Å²) in [6, 6.07) is 19.2. The van der Waals surface area contributed by atoms with E-state index in [1.807, 2.05) is 6.07 Å². The van der Waals surface area contributed by atoms with Crippen molar-refractivity contribution in [3.05, 3.63) is 65.7 Å². The zero-order valence-corrected chi connectivity index (χ0v) is 12.9. The Labute approximate surface area is 127 Å². The first-order valence-electron chi connectivity index (χ1n) is 7.71. The third-order valence-electron chi connectivity index (χ3n) is 4.58. The van der Waals surface area contributed by atoms with Gasteiger partial charge < -0.3 is 10.6 Å². The summed E-state index contributed by atoms with van der Waals surface area (Å²) in [4.78, 5) is 2.48. The van der Waals surface area contributed by atoms with Crippen molar-refractivity contribution in [3.63, 3.8) is 0 Å². The summed E-state index contributed by atoms with van der Waals surface area (Å²) in [7, 11) is 0. The van der Waals surface area contributed by atoms with E-state index >= 15 is 0 Å². The van der Waals surface area contributed by atoms with Crippen molar-refractivity contribution in [3.8, 4) is 0 Å². The molecule has 1 aliphatic heterocycles. The maximum atomic E-state index is 6.54. The van der Waals surface area contributed by atoms with Gasteiger partial charge in [-0.3, -0.25) is 0 Å². The summed E-state index contributed by atoms with van der Waals surface area (Å²) in [5.74, 6) is 0. The SMILES string of the molecule is CC(C)(CN1CCc2ccccc21)C(N)c1ccccc1. The number of rotatable bonds is 4. The van der Waals surface area contributed by atoms with E-state index in [1.165, 1.54) is 16.8 Å². The fourth-order valence-electron chi connectivity index (χ4n) is 3.27. The molecule has 1 heterocycles. The molecule has 1 atom stereocenters. The first-order chi connectivity index (χ1) is 10.1.